The van der Waals surface area contributed by atoms with Gasteiger partial charge in [0, 0.05) is 16.6 Å². The maximum absolute atomic E-state index is 12.3. The van der Waals surface area contributed by atoms with Crippen LogP contribution in [0.1, 0.15) is 30.0 Å². The van der Waals surface area contributed by atoms with E-state index in [2.05, 4.69) is 26.6 Å². The second-order valence-electron chi connectivity index (χ2n) is 6.81. The lowest BCUT2D eigenvalue weighted by atomic mass is 10.1. The second kappa shape index (κ2) is 10.2. The molecule has 2 rings (SSSR count). The first kappa shape index (κ1) is 21.9. The molecule has 2 amide bonds. The van der Waals surface area contributed by atoms with E-state index in [1.807, 2.05) is 30.3 Å². The Morgan fingerprint density at radius 3 is 2.54 bits per heavy atom. The van der Waals surface area contributed by atoms with Crippen molar-refractivity contribution in [1.29, 1.82) is 0 Å². The SMILES string of the molecule is Cc1cc(Br)cc(CNC(=O)C(C)NC(=O)C(N)CCc2ccccc2)c1O. The van der Waals surface area contributed by atoms with Gasteiger partial charge in [0.2, 0.25) is 11.8 Å². The van der Waals surface area contributed by atoms with Crippen LogP contribution in [0.4, 0.5) is 0 Å². The van der Waals surface area contributed by atoms with Gasteiger partial charge in [-0.2, -0.15) is 0 Å². The smallest absolute Gasteiger partial charge is 0.242 e. The minimum absolute atomic E-state index is 0.142. The number of amides is 2. The number of aromatic hydroxyl groups is 1. The molecule has 2 atom stereocenters. The molecule has 5 N–H and O–H groups in total. The summed E-state index contributed by atoms with van der Waals surface area (Å²) >= 11 is 3.37. The molecule has 6 nitrogen and oxygen atoms in total. The lowest BCUT2D eigenvalue weighted by molar-refractivity contribution is -0.129. The first-order valence-electron chi connectivity index (χ1n) is 9.13. The molecule has 28 heavy (non-hydrogen) atoms. The minimum atomic E-state index is -0.731. The number of hydrogen-bond donors (Lipinski definition) is 4. The molecule has 0 heterocycles. The molecule has 0 aliphatic rings. The van der Waals surface area contributed by atoms with Crippen molar-refractivity contribution in [3.8, 4) is 5.75 Å². The predicted octanol–water partition coefficient (Wildman–Crippen LogP) is 2.54. The number of rotatable bonds is 8. The van der Waals surface area contributed by atoms with Crippen molar-refractivity contribution in [1.82, 2.24) is 10.6 Å². The number of carbonyl (C=O) groups is 2. The zero-order chi connectivity index (χ0) is 20.7. The summed E-state index contributed by atoms with van der Waals surface area (Å²) in [5.74, 6) is -0.566. The highest BCUT2D eigenvalue weighted by Crippen LogP contribution is 2.26. The topological polar surface area (TPSA) is 104 Å². The fourth-order valence-electron chi connectivity index (χ4n) is 2.76. The molecule has 0 bridgehead atoms. The molecule has 0 radical (unpaired) electrons. The van der Waals surface area contributed by atoms with Crippen LogP contribution < -0.4 is 16.4 Å². The summed E-state index contributed by atoms with van der Waals surface area (Å²) in [6.45, 7) is 3.54. The van der Waals surface area contributed by atoms with E-state index in [0.29, 0.717) is 24.0 Å². The number of halogens is 1. The van der Waals surface area contributed by atoms with Gasteiger partial charge in [-0.25, -0.2) is 0 Å². The van der Waals surface area contributed by atoms with Crippen molar-refractivity contribution in [2.24, 2.45) is 5.73 Å². The van der Waals surface area contributed by atoms with E-state index < -0.39 is 12.1 Å². The summed E-state index contributed by atoms with van der Waals surface area (Å²) < 4.78 is 0.817. The van der Waals surface area contributed by atoms with Gasteiger partial charge in [0.15, 0.2) is 0 Å². The Balaban J connectivity index is 1.81. The molecule has 0 fully saturated rings. The Morgan fingerprint density at radius 2 is 1.86 bits per heavy atom. The van der Waals surface area contributed by atoms with Crippen LogP contribution in [0.15, 0.2) is 46.9 Å². The Labute approximate surface area is 173 Å². The molecule has 150 valence electrons. The molecule has 0 aliphatic heterocycles. The van der Waals surface area contributed by atoms with Gasteiger partial charge in [-0.05, 0) is 49.9 Å². The predicted molar refractivity (Wildman–Crippen MR) is 113 cm³/mol. The quantitative estimate of drug-likeness (QED) is 0.498. The number of phenolic OH excluding ortho intramolecular Hbond substituents is 1. The molecule has 0 aliphatic carbocycles. The molecule has 0 spiro atoms. The van der Waals surface area contributed by atoms with Crippen LogP contribution in [0.5, 0.6) is 5.75 Å². The van der Waals surface area contributed by atoms with Gasteiger partial charge in [0.25, 0.3) is 0 Å². The van der Waals surface area contributed by atoms with Gasteiger partial charge >= 0.3 is 0 Å². The zero-order valence-electron chi connectivity index (χ0n) is 16.0. The van der Waals surface area contributed by atoms with Crippen LogP contribution in [0.3, 0.4) is 0 Å². The Morgan fingerprint density at radius 1 is 1.18 bits per heavy atom. The molecule has 2 unspecified atom stereocenters. The van der Waals surface area contributed by atoms with E-state index in [1.165, 1.54) is 0 Å². The van der Waals surface area contributed by atoms with Crippen LogP contribution in [0, 0.1) is 6.92 Å². The van der Waals surface area contributed by atoms with Crippen molar-refractivity contribution < 1.29 is 14.7 Å². The molecule has 7 heteroatoms. The zero-order valence-corrected chi connectivity index (χ0v) is 17.6. The van der Waals surface area contributed by atoms with E-state index in [1.54, 1.807) is 26.0 Å². The van der Waals surface area contributed by atoms with Crippen LogP contribution >= 0.6 is 15.9 Å². The molecule has 2 aromatic rings. The monoisotopic (exact) mass is 447 g/mol. The Kier molecular flexibility index (Phi) is 8.02. The van der Waals surface area contributed by atoms with Crippen LogP contribution in [0.25, 0.3) is 0 Å². The van der Waals surface area contributed by atoms with E-state index in [0.717, 1.165) is 10.0 Å². The van der Waals surface area contributed by atoms with Crippen LogP contribution in [-0.4, -0.2) is 29.0 Å². The average molecular weight is 448 g/mol. The van der Waals surface area contributed by atoms with Gasteiger partial charge in [0.1, 0.15) is 11.8 Å². The highest BCUT2D eigenvalue weighted by atomic mass is 79.9. The van der Waals surface area contributed by atoms with Gasteiger partial charge in [-0.1, -0.05) is 46.3 Å². The van der Waals surface area contributed by atoms with E-state index in [-0.39, 0.29) is 24.1 Å². The average Bonchev–Trinajstić information content (AvgIpc) is 2.68. The van der Waals surface area contributed by atoms with Crippen molar-refractivity contribution in [2.45, 2.75) is 45.3 Å². The number of phenols is 1. The maximum atomic E-state index is 12.3. The number of hydrogen-bond acceptors (Lipinski definition) is 4. The van der Waals surface area contributed by atoms with Crippen molar-refractivity contribution >= 4 is 27.7 Å². The minimum Gasteiger partial charge on any atom is -0.507 e. The third kappa shape index (κ3) is 6.35. The number of benzene rings is 2. The highest BCUT2D eigenvalue weighted by Gasteiger charge is 2.20. The molecule has 2 aromatic carbocycles. The van der Waals surface area contributed by atoms with E-state index >= 15 is 0 Å². The van der Waals surface area contributed by atoms with Gasteiger partial charge in [-0.3, -0.25) is 9.59 Å². The lowest BCUT2D eigenvalue weighted by Gasteiger charge is -2.18. The second-order valence-corrected chi connectivity index (χ2v) is 7.72. The molecular weight excluding hydrogens is 422 g/mol. The molecule has 0 aromatic heterocycles. The van der Waals surface area contributed by atoms with Gasteiger partial charge < -0.3 is 21.5 Å². The fraction of sp³-hybridized carbons (Fsp3) is 0.333. The first-order chi connectivity index (χ1) is 13.3. The number of aryl methyl sites for hydroxylation is 2. The summed E-state index contributed by atoms with van der Waals surface area (Å²) in [4.78, 5) is 24.5. The molecule has 0 saturated heterocycles. The van der Waals surface area contributed by atoms with Gasteiger partial charge in [-0.15, -0.1) is 0 Å². The fourth-order valence-corrected chi connectivity index (χ4v) is 3.38. The largest absolute Gasteiger partial charge is 0.507 e. The third-order valence-electron chi connectivity index (χ3n) is 4.47. The number of carbonyl (C=O) groups excluding carboxylic acids is 2. The van der Waals surface area contributed by atoms with E-state index in [9.17, 15) is 14.7 Å². The summed E-state index contributed by atoms with van der Waals surface area (Å²) in [5, 5.41) is 15.4. The van der Waals surface area contributed by atoms with Crippen molar-refractivity contribution in [2.75, 3.05) is 0 Å². The maximum Gasteiger partial charge on any atom is 0.242 e. The summed E-state index contributed by atoms with van der Waals surface area (Å²) in [5.41, 5.74) is 8.37. The standard InChI is InChI=1S/C21H26BrN3O3/c1-13-10-17(22)11-16(19(13)26)12-24-20(27)14(2)25-21(28)18(23)9-8-15-6-4-3-5-7-15/h3-7,10-11,14,18,26H,8-9,12,23H2,1-2H3,(H,24,27)(H,25,28). The Bertz CT molecular complexity index is 827. The van der Waals surface area contributed by atoms with Crippen molar-refractivity contribution in [3.05, 3.63) is 63.6 Å². The summed E-state index contributed by atoms with van der Waals surface area (Å²) in [6.07, 6.45) is 1.19. The molecule has 0 saturated carbocycles. The third-order valence-corrected chi connectivity index (χ3v) is 4.93. The van der Waals surface area contributed by atoms with Gasteiger partial charge in [0.05, 0.1) is 6.04 Å². The van der Waals surface area contributed by atoms with Crippen LogP contribution in [-0.2, 0) is 22.6 Å². The Hall–Kier alpha value is -2.38. The first-order valence-corrected chi connectivity index (χ1v) is 9.92. The van der Waals surface area contributed by atoms with E-state index in [4.69, 9.17) is 5.73 Å². The number of nitrogens with two attached hydrogens (primary N) is 1. The highest BCUT2D eigenvalue weighted by molar-refractivity contribution is 9.10. The summed E-state index contributed by atoms with van der Waals surface area (Å²) in [6, 6.07) is 11.9. The summed E-state index contributed by atoms with van der Waals surface area (Å²) in [7, 11) is 0. The molecular formula is C21H26BrN3O3. The van der Waals surface area contributed by atoms with Crippen molar-refractivity contribution in [3.63, 3.8) is 0 Å². The lowest BCUT2D eigenvalue weighted by Crippen LogP contribution is -2.50. The van der Waals surface area contributed by atoms with Crippen LogP contribution in [0.2, 0.25) is 0 Å². The number of nitrogens with one attached hydrogen (secondary N) is 2. The normalized spacial score (nSPS) is 12.9.